The van der Waals surface area contributed by atoms with Crippen LogP contribution in [0.15, 0.2) is 12.7 Å². The Morgan fingerprint density at radius 2 is 1.86 bits per heavy atom. The second-order valence-electron chi connectivity index (χ2n) is 6.51. The number of hydrogen-bond acceptors (Lipinski definition) is 4. The summed E-state index contributed by atoms with van der Waals surface area (Å²) < 4.78 is 2.02. The normalized spacial score (nSPS) is 23.6. The van der Waals surface area contributed by atoms with Gasteiger partial charge in [0.05, 0.1) is 5.92 Å². The van der Waals surface area contributed by atoms with E-state index in [0.29, 0.717) is 19.0 Å². The van der Waals surface area contributed by atoms with Gasteiger partial charge in [0.15, 0.2) is 0 Å². The van der Waals surface area contributed by atoms with E-state index in [2.05, 4.69) is 10.2 Å². The van der Waals surface area contributed by atoms with E-state index in [0.717, 1.165) is 25.9 Å². The SMILES string of the molecule is CC(C)N1C[C@H](C(=O)N2CCC(n3cnnc3)CC2)CC1=O. The highest BCUT2D eigenvalue weighted by molar-refractivity contribution is 5.89. The van der Waals surface area contributed by atoms with Crippen LogP contribution in [0.4, 0.5) is 0 Å². The number of rotatable bonds is 3. The third-order valence-electron chi connectivity index (χ3n) is 4.77. The standard InChI is InChI=1S/C15H23N5O2/c1-11(2)20-8-12(7-14(20)21)15(22)18-5-3-13(4-6-18)19-9-16-17-10-19/h9-13H,3-8H2,1-2H3/t12-/m1/s1. The summed E-state index contributed by atoms with van der Waals surface area (Å²) in [6.45, 7) is 6.05. The van der Waals surface area contributed by atoms with Gasteiger partial charge in [-0.15, -0.1) is 10.2 Å². The van der Waals surface area contributed by atoms with Gasteiger partial charge in [-0.2, -0.15) is 0 Å². The molecule has 22 heavy (non-hydrogen) atoms. The maximum absolute atomic E-state index is 12.6. The van der Waals surface area contributed by atoms with E-state index in [1.165, 1.54) is 0 Å². The molecule has 3 heterocycles. The quantitative estimate of drug-likeness (QED) is 0.824. The predicted octanol–water partition coefficient (Wildman–Crippen LogP) is 0.698. The Morgan fingerprint density at radius 1 is 1.23 bits per heavy atom. The van der Waals surface area contributed by atoms with Crippen molar-refractivity contribution in [2.24, 2.45) is 5.92 Å². The van der Waals surface area contributed by atoms with Gasteiger partial charge >= 0.3 is 0 Å². The highest BCUT2D eigenvalue weighted by Crippen LogP contribution is 2.26. The number of nitrogens with zero attached hydrogens (tertiary/aromatic N) is 5. The zero-order chi connectivity index (χ0) is 15.7. The maximum atomic E-state index is 12.6. The molecule has 120 valence electrons. The minimum atomic E-state index is -0.165. The molecule has 0 spiro atoms. The predicted molar refractivity (Wildman–Crippen MR) is 79.8 cm³/mol. The first kappa shape index (κ1) is 15.0. The molecule has 1 aromatic rings. The van der Waals surface area contributed by atoms with Crippen LogP contribution in [0.25, 0.3) is 0 Å². The van der Waals surface area contributed by atoms with E-state index < -0.39 is 0 Å². The first-order valence-electron chi connectivity index (χ1n) is 7.98. The van der Waals surface area contributed by atoms with Gasteiger partial charge in [0.1, 0.15) is 12.7 Å². The van der Waals surface area contributed by atoms with E-state index in [9.17, 15) is 9.59 Å². The van der Waals surface area contributed by atoms with Crippen molar-refractivity contribution in [1.82, 2.24) is 24.6 Å². The maximum Gasteiger partial charge on any atom is 0.227 e. The van der Waals surface area contributed by atoms with E-state index in [1.54, 1.807) is 12.7 Å². The summed E-state index contributed by atoms with van der Waals surface area (Å²) in [5, 5.41) is 7.67. The molecule has 3 rings (SSSR count). The molecule has 7 heteroatoms. The largest absolute Gasteiger partial charge is 0.342 e. The molecule has 0 aromatic carbocycles. The molecule has 7 nitrogen and oxygen atoms in total. The fraction of sp³-hybridized carbons (Fsp3) is 0.733. The second kappa shape index (κ2) is 6.06. The van der Waals surface area contributed by atoms with Crippen LogP contribution in [0.3, 0.4) is 0 Å². The number of piperidine rings is 1. The number of amides is 2. The van der Waals surface area contributed by atoms with Crippen LogP contribution in [0.1, 0.15) is 39.2 Å². The fourth-order valence-electron chi connectivity index (χ4n) is 3.44. The number of aromatic nitrogens is 3. The van der Waals surface area contributed by atoms with Gasteiger partial charge in [0.25, 0.3) is 0 Å². The van der Waals surface area contributed by atoms with Crippen LogP contribution in [0.2, 0.25) is 0 Å². The van der Waals surface area contributed by atoms with Crippen molar-refractivity contribution >= 4 is 11.8 Å². The second-order valence-corrected chi connectivity index (χ2v) is 6.51. The fourth-order valence-corrected chi connectivity index (χ4v) is 3.44. The molecule has 2 aliphatic rings. The Bertz CT molecular complexity index is 534. The lowest BCUT2D eigenvalue weighted by molar-refractivity contribution is -0.137. The highest BCUT2D eigenvalue weighted by atomic mass is 16.2. The van der Waals surface area contributed by atoms with Crippen molar-refractivity contribution in [3.8, 4) is 0 Å². The Morgan fingerprint density at radius 3 is 2.41 bits per heavy atom. The molecule has 2 aliphatic heterocycles. The van der Waals surface area contributed by atoms with Crippen LogP contribution in [-0.4, -0.2) is 62.1 Å². The molecule has 2 saturated heterocycles. The molecule has 0 N–H and O–H groups in total. The minimum absolute atomic E-state index is 0.104. The van der Waals surface area contributed by atoms with Gasteiger partial charge in [-0.25, -0.2) is 0 Å². The zero-order valence-corrected chi connectivity index (χ0v) is 13.2. The monoisotopic (exact) mass is 305 g/mol. The first-order valence-corrected chi connectivity index (χ1v) is 7.98. The smallest absolute Gasteiger partial charge is 0.227 e. The molecular weight excluding hydrogens is 282 g/mol. The van der Waals surface area contributed by atoms with E-state index in [4.69, 9.17) is 0 Å². The summed E-state index contributed by atoms with van der Waals surface area (Å²) in [5.41, 5.74) is 0. The average Bonchev–Trinajstić information content (AvgIpc) is 3.16. The van der Waals surface area contributed by atoms with Crippen LogP contribution >= 0.6 is 0 Å². The lowest BCUT2D eigenvalue weighted by atomic mass is 10.0. The molecule has 2 amide bonds. The number of carbonyl (C=O) groups is 2. The van der Waals surface area contributed by atoms with Gasteiger partial charge in [-0.1, -0.05) is 0 Å². The summed E-state index contributed by atoms with van der Waals surface area (Å²) in [6.07, 6.45) is 5.66. The topological polar surface area (TPSA) is 71.3 Å². The van der Waals surface area contributed by atoms with Gasteiger partial charge in [-0.3, -0.25) is 9.59 Å². The van der Waals surface area contributed by atoms with Gasteiger partial charge < -0.3 is 14.4 Å². The van der Waals surface area contributed by atoms with E-state index in [-0.39, 0.29) is 23.8 Å². The summed E-state index contributed by atoms with van der Waals surface area (Å²) in [4.78, 5) is 28.3. The molecule has 0 saturated carbocycles. The minimum Gasteiger partial charge on any atom is -0.342 e. The van der Waals surface area contributed by atoms with Crippen LogP contribution in [0, 0.1) is 5.92 Å². The van der Waals surface area contributed by atoms with Crippen molar-refractivity contribution in [2.45, 2.75) is 45.2 Å². The lowest BCUT2D eigenvalue weighted by Gasteiger charge is -2.33. The molecular formula is C15H23N5O2. The average molecular weight is 305 g/mol. The third kappa shape index (κ3) is 2.84. The molecule has 0 unspecified atom stereocenters. The van der Waals surface area contributed by atoms with Crippen molar-refractivity contribution in [2.75, 3.05) is 19.6 Å². The zero-order valence-electron chi connectivity index (χ0n) is 13.2. The molecule has 2 fully saturated rings. The van der Waals surface area contributed by atoms with Gasteiger partial charge in [0.2, 0.25) is 11.8 Å². The van der Waals surface area contributed by atoms with Crippen molar-refractivity contribution in [3.63, 3.8) is 0 Å². The first-order chi connectivity index (χ1) is 10.6. The number of hydrogen-bond donors (Lipinski definition) is 0. The Labute approximate surface area is 130 Å². The van der Waals surface area contributed by atoms with Gasteiger partial charge in [-0.05, 0) is 26.7 Å². The van der Waals surface area contributed by atoms with Crippen LogP contribution in [0.5, 0.6) is 0 Å². The van der Waals surface area contributed by atoms with Crippen LogP contribution < -0.4 is 0 Å². The van der Waals surface area contributed by atoms with E-state index >= 15 is 0 Å². The molecule has 1 atom stereocenters. The Balaban J connectivity index is 1.55. The summed E-state index contributed by atoms with van der Waals surface area (Å²) in [5.74, 6) is 0.0767. The van der Waals surface area contributed by atoms with Crippen molar-refractivity contribution in [3.05, 3.63) is 12.7 Å². The summed E-state index contributed by atoms with van der Waals surface area (Å²) in [6, 6.07) is 0.543. The Hall–Kier alpha value is -1.92. The van der Waals surface area contributed by atoms with E-state index in [1.807, 2.05) is 28.2 Å². The lowest BCUT2D eigenvalue weighted by Crippen LogP contribution is -2.43. The molecule has 0 bridgehead atoms. The number of carbonyl (C=O) groups excluding carboxylic acids is 2. The third-order valence-corrected chi connectivity index (χ3v) is 4.77. The summed E-state index contributed by atoms with van der Waals surface area (Å²) in [7, 11) is 0. The molecule has 0 aliphatic carbocycles. The molecule has 0 radical (unpaired) electrons. The van der Waals surface area contributed by atoms with Crippen LogP contribution in [-0.2, 0) is 9.59 Å². The number of likely N-dealkylation sites (tertiary alicyclic amines) is 2. The molecule has 1 aromatic heterocycles. The van der Waals surface area contributed by atoms with Crippen molar-refractivity contribution < 1.29 is 9.59 Å². The Kier molecular flexibility index (Phi) is 4.13. The van der Waals surface area contributed by atoms with Crippen molar-refractivity contribution in [1.29, 1.82) is 0 Å². The highest BCUT2D eigenvalue weighted by Gasteiger charge is 2.38. The summed E-state index contributed by atoms with van der Waals surface area (Å²) >= 11 is 0. The van der Waals surface area contributed by atoms with Gasteiger partial charge in [0, 0.05) is 38.1 Å².